The third kappa shape index (κ3) is 3.76. The molecule has 0 radical (unpaired) electrons. The summed E-state index contributed by atoms with van der Waals surface area (Å²) < 4.78 is 32.7. The number of amides is 2. The molecule has 2 heterocycles. The number of nitrogens with zero attached hydrogens (tertiary/aromatic N) is 3. The lowest BCUT2D eigenvalue weighted by atomic mass is 9.99. The number of fused-ring (bicyclic) bond motifs is 2. The molecule has 11 heteroatoms. The summed E-state index contributed by atoms with van der Waals surface area (Å²) in [4.78, 5) is 17.9. The third-order valence-electron chi connectivity index (χ3n) is 6.78. The Hall–Kier alpha value is -2.21. The first-order chi connectivity index (χ1) is 15.5. The van der Waals surface area contributed by atoms with E-state index in [0.717, 1.165) is 54.0 Å². The van der Waals surface area contributed by atoms with Crippen LogP contribution in [0.3, 0.4) is 0 Å². The molecule has 174 valence electrons. The zero-order chi connectivity index (χ0) is 22.3. The average molecular weight is 464 g/mol. The summed E-state index contributed by atoms with van der Waals surface area (Å²) in [7, 11) is -4.66. The van der Waals surface area contributed by atoms with Crippen LogP contribution in [0.25, 0.3) is 0 Å². The van der Waals surface area contributed by atoms with Gasteiger partial charge in [0, 0.05) is 24.9 Å². The fraction of sp³-hybridized carbons (Fsp3) is 0.619. The highest BCUT2D eigenvalue weighted by molar-refractivity contribution is 7.87. The van der Waals surface area contributed by atoms with Crippen LogP contribution in [-0.2, 0) is 45.5 Å². The fourth-order valence-electron chi connectivity index (χ4n) is 5.29. The second-order valence-corrected chi connectivity index (χ2v) is 10.3. The van der Waals surface area contributed by atoms with Gasteiger partial charge in [0.1, 0.15) is 12.6 Å². The van der Waals surface area contributed by atoms with Gasteiger partial charge in [-0.2, -0.15) is 12.7 Å². The number of anilines is 1. The van der Waals surface area contributed by atoms with Gasteiger partial charge >= 0.3 is 6.03 Å². The van der Waals surface area contributed by atoms with Crippen LogP contribution < -0.4 is 5.32 Å². The van der Waals surface area contributed by atoms with Crippen molar-refractivity contribution in [2.75, 3.05) is 25.1 Å². The Kier molecular flexibility index (Phi) is 5.82. The number of rotatable bonds is 5. The first-order valence-corrected chi connectivity index (χ1v) is 12.6. The van der Waals surface area contributed by atoms with Crippen molar-refractivity contribution in [1.29, 1.82) is 0 Å². The standard InChI is InChI=1S/C21H27N4O6S/c26-21(23-20-18-5-1-3-14(18)11-15-4-2-6-19(15)20)25(27)32(28,29)24(17-12-22-31-13-17)16-7-9-30-10-8-16/h11-12,16-17H,1-10,13H2,(H,23,26)/q-1. The van der Waals surface area contributed by atoms with E-state index < -0.39 is 32.8 Å². The van der Waals surface area contributed by atoms with Crippen LogP contribution in [0.15, 0.2) is 11.2 Å². The SMILES string of the molecule is O=C(Nc1c2c(cc3c1CCC3)CCC2)N([O-])S(=O)(=O)N(C1C=NOC1)C1CCOCC1. The molecule has 1 unspecified atom stereocenters. The summed E-state index contributed by atoms with van der Waals surface area (Å²) in [5, 5.41) is 19.3. The zero-order valence-corrected chi connectivity index (χ0v) is 18.6. The normalized spacial score (nSPS) is 22.6. The van der Waals surface area contributed by atoms with Crippen molar-refractivity contribution in [2.24, 2.45) is 5.16 Å². The third-order valence-corrected chi connectivity index (χ3v) is 8.46. The van der Waals surface area contributed by atoms with Gasteiger partial charge in [-0.1, -0.05) is 11.2 Å². The predicted molar refractivity (Wildman–Crippen MR) is 118 cm³/mol. The Morgan fingerprint density at radius 3 is 2.34 bits per heavy atom. The second-order valence-electron chi connectivity index (χ2n) is 8.69. The van der Waals surface area contributed by atoms with E-state index in [4.69, 9.17) is 9.57 Å². The minimum absolute atomic E-state index is 0.00570. The molecule has 1 saturated heterocycles. The van der Waals surface area contributed by atoms with Crippen LogP contribution in [0.2, 0.25) is 0 Å². The van der Waals surface area contributed by atoms with Crippen LogP contribution in [0.1, 0.15) is 47.9 Å². The van der Waals surface area contributed by atoms with Crippen molar-refractivity contribution in [1.82, 2.24) is 8.77 Å². The number of hydroxylamine groups is 1. The van der Waals surface area contributed by atoms with Crippen molar-refractivity contribution in [3.8, 4) is 0 Å². The monoisotopic (exact) mass is 463 g/mol. The van der Waals surface area contributed by atoms with Crippen molar-refractivity contribution in [3.63, 3.8) is 0 Å². The molecule has 1 atom stereocenters. The molecule has 2 aliphatic carbocycles. The molecule has 4 aliphatic rings. The molecule has 10 nitrogen and oxygen atoms in total. The molecule has 0 saturated carbocycles. The molecule has 1 aromatic carbocycles. The van der Waals surface area contributed by atoms with Crippen molar-refractivity contribution in [2.45, 2.75) is 63.5 Å². The van der Waals surface area contributed by atoms with E-state index >= 15 is 0 Å². The lowest BCUT2D eigenvalue weighted by molar-refractivity contribution is 0.0467. The van der Waals surface area contributed by atoms with Crippen LogP contribution in [0.5, 0.6) is 0 Å². The van der Waals surface area contributed by atoms with Gasteiger partial charge in [0.2, 0.25) is 0 Å². The number of nitrogens with one attached hydrogen (secondary N) is 1. The van der Waals surface area contributed by atoms with E-state index in [2.05, 4.69) is 16.5 Å². The number of urea groups is 1. The summed E-state index contributed by atoms with van der Waals surface area (Å²) in [6.07, 6.45) is 7.68. The molecule has 1 fully saturated rings. The smallest absolute Gasteiger partial charge is 0.326 e. The number of oxime groups is 1. The summed E-state index contributed by atoms with van der Waals surface area (Å²) in [5.41, 5.74) is 5.07. The van der Waals surface area contributed by atoms with Crippen LogP contribution in [0, 0.1) is 5.21 Å². The van der Waals surface area contributed by atoms with E-state index in [9.17, 15) is 18.4 Å². The topological polar surface area (TPSA) is 124 Å². The molecule has 1 aromatic rings. The predicted octanol–water partition coefficient (Wildman–Crippen LogP) is 2.11. The summed E-state index contributed by atoms with van der Waals surface area (Å²) in [6, 6.07) is -0.190. The molecule has 1 N–H and O–H groups in total. The molecular weight excluding hydrogens is 436 g/mol. The van der Waals surface area contributed by atoms with Gasteiger partial charge in [-0.15, -0.1) is 0 Å². The number of hydrogen-bond acceptors (Lipinski definition) is 7. The maximum absolute atomic E-state index is 13.3. The first kappa shape index (κ1) is 21.6. The van der Waals surface area contributed by atoms with Gasteiger partial charge < -0.3 is 20.1 Å². The number of carbonyl (C=O) groups excluding carboxylic acids is 1. The zero-order valence-electron chi connectivity index (χ0n) is 17.8. The van der Waals surface area contributed by atoms with E-state index in [-0.39, 0.29) is 6.61 Å². The summed E-state index contributed by atoms with van der Waals surface area (Å²) >= 11 is 0. The number of aryl methyl sites for hydroxylation is 2. The van der Waals surface area contributed by atoms with Crippen LogP contribution in [0.4, 0.5) is 10.5 Å². The number of hydrogen-bond donors (Lipinski definition) is 1. The maximum atomic E-state index is 13.3. The molecule has 0 aromatic heterocycles. The minimum Gasteiger partial charge on any atom is -0.740 e. The largest absolute Gasteiger partial charge is 0.740 e. The Labute approximate surface area is 187 Å². The Balaban J connectivity index is 1.42. The minimum atomic E-state index is -4.66. The van der Waals surface area contributed by atoms with Gasteiger partial charge in [-0.25, -0.2) is 4.79 Å². The maximum Gasteiger partial charge on any atom is 0.326 e. The van der Waals surface area contributed by atoms with E-state index in [0.29, 0.717) is 31.7 Å². The van der Waals surface area contributed by atoms with Gasteiger partial charge in [0.15, 0.2) is 0 Å². The highest BCUT2D eigenvalue weighted by Crippen LogP contribution is 2.39. The summed E-state index contributed by atoms with van der Waals surface area (Å²) in [5.74, 6) is 0. The second kappa shape index (κ2) is 8.62. The Morgan fingerprint density at radius 1 is 1.09 bits per heavy atom. The molecular formula is C21H27N4O6S-. The number of carbonyl (C=O) groups is 1. The highest BCUT2D eigenvalue weighted by atomic mass is 32.2. The Bertz CT molecular complexity index is 1000. The molecule has 2 aliphatic heterocycles. The average Bonchev–Trinajstić information content (AvgIpc) is 3.55. The van der Waals surface area contributed by atoms with Crippen LogP contribution in [-0.4, -0.2) is 61.3 Å². The molecule has 5 rings (SSSR count). The fourth-order valence-corrected chi connectivity index (χ4v) is 6.77. The first-order valence-electron chi connectivity index (χ1n) is 11.2. The van der Waals surface area contributed by atoms with Gasteiger partial charge in [-0.05, 0) is 73.6 Å². The van der Waals surface area contributed by atoms with E-state index in [1.54, 1.807) is 0 Å². The van der Waals surface area contributed by atoms with Crippen molar-refractivity contribution >= 4 is 28.1 Å². The van der Waals surface area contributed by atoms with Crippen molar-refractivity contribution in [3.05, 3.63) is 33.5 Å². The Morgan fingerprint density at radius 2 is 1.75 bits per heavy atom. The van der Waals surface area contributed by atoms with Gasteiger partial charge in [-0.3, -0.25) is 4.47 Å². The highest BCUT2D eigenvalue weighted by Gasteiger charge is 2.41. The van der Waals surface area contributed by atoms with E-state index in [1.165, 1.54) is 17.3 Å². The number of benzene rings is 1. The molecule has 2 amide bonds. The quantitative estimate of drug-likeness (QED) is 0.667. The van der Waals surface area contributed by atoms with Gasteiger partial charge in [0.25, 0.3) is 10.2 Å². The van der Waals surface area contributed by atoms with Crippen molar-refractivity contribution < 1.29 is 22.8 Å². The number of ether oxygens (including phenoxy) is 1. The van der Waals surface area contributed by atoms with Gasteiger partial charge in [0.05, 0.1) is 6.21 Å². The lowest BCUT2D eigenvalue weighted by Gasteiger charge is -2.40. The summed E-state index contributed by atoms with van der Waals surface area (Å²) in [6.45, 7) is 0.773. The molecule has 0 bridgehead atoms. The van der Waals surface area contributed by atoms with E-state index in [1.807, 2.05) is 0 Å². The molecule has 32 heavy (non-hydrogen) atoms. The lowest BCUT2D eigenvalue weighted by Crippen LogP contribution is -2.56. The molecule has 0 spiro atoms. The van der Waals surface area contributed by atoms with Crippen LogP contribution >= 0.6 is 0 Å².